The molecule has 2 heterocycles. The number of rotatable bonds is 6. The van der Waals surface area contributed by atoms with Crippen LogP contribution in [0.3, 0.4) is 0 Å². The Labute approximate surface area is 125 Å². The molecule has 1 N–H and O–H groups in total. The number of hydrogen-bond donors (Lipinski definition) is 1. The number of ether oxygens (including phenoxy) is 2. The lowest BCUT2D eigenvalue weighted by Gasteiger charge is -2.14. The molecule has 0 bridgehead atoms. The largest absolute Gasteiger partial charge is 0.377 e. The minimum Gasteiger partial charge on any atom is -0.377 e. The molecular formula is C13H23N3O4S. The molecule has 0 aromatic carbocycles. The highest BCUT2D eigenvalue weighted by molar-refractivity contribution is 7.89. The van der Waals surface area contributed by atoms with E-state index < -0.39 is 10.0 Å². The number of sulfonamides is 1. The summed E-state index contributed by atoms with van der Waals surface area (Å²) >= 11 is 0. The molecule has 1 aromatic rings. The first kappa shape index (κ1) is 16.4. The van der Waals surface area contributed by atoms with Crippen LogP contribution in [-0.2, 0) is 33.1 Å². The lowest BCUT2D eigenvalue weighted by atomic mass is 10.3. The third-order valence-corrected chi connectivity index (χ3v) is 5.66. The zero-order chi connectivity index (χ0) is 15.6. The minimum atomic E-state index is -3.52. The average molecular weight is 317 g/mol. The highest BCUT2D eigenvalue weighted by Crippen LogP contribution is 2.25. The first-order valence-corrected chi connectivity index (χ1v) is 8.23. The SMILES string of the molecule is CNCc1cc(S(=O)(=O)N2CC(OC)C(OC)C2)cn1C. The van der Waals surface area contributed by atoms with Crippen LogP contribution in [0.2, 0.25) is 0 Å². The van der Waals surface area contributed by atoms with E-state index in [-0.39, 0.29) is 12.2 Å². The summed E-state index contributed by atoms with van der Waals surface area (Å²) in [5, 5.41) is 3.02. The van der Waals surface area contributed by atoms with Crippen molar-refractivity contribution in [1.82, 2.24) is 14.2 Å². The quantitative estimate of drug-likeness (QED) is 0.785. The number of hydrogen-bond acceptors (Lipinski definition) is 5. The summed E-state index contributed by atoms with van der Waals surface area (Å²) in [6, 6.07) is 1.70. The van der Waals surface area contributed by atoms with Crippen molar-refractivity contribution in [2.24, 2.45) is 7.05 Å². The van der Waals surface area contributed by atoms with Gasteiger partial charge in [-0.1, -0.05) is 0 Å². The van der Waals surface area contributed by atoms with Crippen LogP contribution in [0, 0.1) is 0 Å². The molecule has 0 spiro atoms. The summed E-state index contributed by atoms with van der Waals surface area (Å²) in [5.41, 5.74) is 0.918. The van der Waals surface area contributed by atoms with Crippen LogP contribution in [0.15, 0.2) is 17.2 Å². The molecule has 8 heteroatoms. The van der Waals surface area contributed by atoms with Gasteiger partial charge in [-0.3, -0.25) is 0 Å². The fourth-order valence-corrected chi connectivity index (χ4v) is 4.14. The Kier molecular flexibility index (Phi) is 5.05. The second-order valence-corrected chi connectivity index (χ2v) is 7.12. The molecule has 1 aliphatic rings. The lowest BCUT2D eigenvalue weighted by Crippen LogP contribution is -2.30. The second-order valence-electron chi connectivity index (χ2n) is 5.18. The van der Waals surface area contributed by atoms with Crippen molar-refractivity contribution in [3.8, 4) is 0 Å². The Morgan fingerprint density at radius 3 is 2.33 bits per heavy atom. The van der Waals surface area contributed by atoms with Crippen LogP contribution in [0.1, 0.15) is 5.69 Å². The van der Waals surface area contributed by atoms with Crippen molar-refractivity contribution >= 4 is 10.0 Å². The topological polar surface area (TPSA) is 72.8 Å². The molecule has 1 saturated heterocycles. The predicted octanol–water partition coefficient (Wildman–Crippen LogP) is -0.221. The van der Waals surface area contributed by atoms with Gasteiger partial charge in [0.05, 0.1) is 12.2 Å². The maximum Gasteiger partial charge on any atom is 0.244 e. The number of methoxy groups -OCH3 is 2. The van der Waals surface area contributed by atoms with Gasteiger partial charge in [-0.15, -0.1) is 0 Å². The molecule has 1 aliphatic heterocycles. The van der Waals surface area contributed by atoms with E-state index in [1.165, 1.54) is 4.31 Å². The summed E-state index contributed by atoms with van der Waals surface area (Å²) < 4.78 is 39.3. The number of aromatic nitrogens is 1. The minimum absolute atomic E-state index is 0.231. The van der Waals surface area contributed by atoms with E-state index in [0.717, 1.165) is 5.69 Å². The third-order valence-electron chi connectivity index (χ3n) is 3.87. The van der Waals surface area contributed by atoms with E-state index in [9.17, 15) is 8.42 Å². The molecule has 1 fully saturated rings. The summed E-state index contributed by atoms with van der Waals surface area (Å²) in [6.07, 6.45) is 1.18. The molecular weight excluding hydrogens is 294 g/mol. The van der Waals surface area contributed by atoms with Gasteiger partial charge in [0.25, 0.3) is 0 Å². The van der Waals surface area contributed by atoms with E-state index >= 15 is 0 Å². The first-order valence-electron chi connectivity index (χ1n) is 6.79. The number of nitrogens with one attached hydrogen (secondary N) is 1. The first-order chi connectivity index (χ1) is 9.93. The van der Waals surface area contributed by atoms with Gasteiger partial charge in [0, 0.05) is 52.8 Å². The standard InChI is InChI=1S/C13H23N3O4S/c1-14-6-10-5-11(7-15(10)2)21(17,18)16-8-12(19-3)13(9-16)20-4/h5,7,12-14H,6,8-9H2,1-4H3. The van der Waals surface area contributed by atoms with Crippen molar-refractivity contribution in [2.45, 2.75) is 23.6 Å². The van der Waals surface area contributed by atoms with Crippen LogP contribution in [0.25, 0.3) is 0 Å². The lowest BCUT2D eigenvalue weighted by molar-refractivity contribution is -0.00461. The maximum absolute atomic E-state index is 12.7. The van der Waals surface area contributed by atoms with Crippen LogP contribution in [-0.4, -0.2) is 63.9 Å². The smallest absolute Gasteiger partial charge is 0.244 e. The van der Waals surface area contributed by atoms with Gasteiger partial charge < -0.3 is 19.4 Å². The molecule has 2 atom stereocenters. The van der Waals surface area contributed by atoms with Crippen molar-refractivity contribution in [3.63, 3.8) is 0 Å². The van der Waals surface area contributed by atoms with Crippen LogP contribution >= 0.6 is 0 Å². The van der Waals surface area contributed by atoms with Gasteiger partial charge in [0.15, 0.2) is 0 Å². The summed E-state index contributed by atoms with van der Waals surface area (Å²) in [6.45, 7) is 1.24. The van der Waals surface area contributed by atoms with Crippen molar-refractivity contribution in [1.29, 1.82) is 0 Å². The Morgan fingerprint density at radius 2 is 1.86 bits per heavy atom. The van der Waals surface area contributed by atoms with Crippen molar-refractivity contribution < 1.29 is 17.9 Å². The fourth-order valence-electron chi connectivity index (χ4n) is 2.58. The Bertz CT molecular complexity index is 572. The second kappa shape index (κ2) is 6.45. The highest BCUT2D eigenvalue weighted by Gasteiger charge is 2.40. The zero-order valence-corrected chi connectivity index (χ0v) is 13.7. The Hall–Kier alpha value is -0.930. The van der Waals surface area contributed by atoms with Gasteiger partial charge in [-0.25, -0.2) is 8.42 Å². The van der Waals surface area contributed by atoms with E-state index in [4.69, 9.17) is 9.47 Å². The number of aryl methyl sites for hydroxylation is 1. The van der Waals surface area contributed by atoms with E-state index in [2.05, 4.69) is 5.32 Å². The molecule has 21 heavy (non-hydrogen) atoms. The van der Waals surface area contributed by atoms with Crippen molar-refractivity contribution in [3.05, 3.63) is 18.0 Å². The summed E-state index contributed by atoms with van der Waals surface area (Å²) in [7, 11) is 3.29. The van der Waals surface area contributed by atoms with Gasteiger partial charge in [0.2, 0.25) is 10.0 Å². The molecule has 120 valence electrons. The van der Waals surface area contributed by atoms with Gasteiger partial charge in [-0.05, 0) is 13.1 Å². The maximum atomic E-state index is 12.7. The molecule has 0 saturated carbocycles. The van der Waals surface area contributed by atoms with Crippen molar-refractivity contribution in [2.75, 3.05) is 34.4 Å². The van der Waals surface area contributed by atoms with Crippen LogP contribution in [0.4, 0.5) is 0 Å². The number of nitrogens with zero attached hydrogens (tertiary/aromatic N) is 2. The monoisotopic (exact) mass is 317 g/mol. The van der Waals surface area contributed by atoms with Gasteiger partial charge >= 0.3 is 0 Å². The molecule has 1 aromatic heterocycles. The molecule has 2 rings (SSSR count). The van der Waals surface area contributed by atoms with Gasteiger partial charge in [0.1, 0.15) is 4.90 Å². The normalized spacial score (nSPS) is 23.8. The fraction of sp³-hybridized carbons (Fsp3) is 0.692. The Morgan fingerprint density at radius 1 is 1.29 bits per heavy atom. The predicted molar refractivity (Wildman–Crippen MR) is 78.5 cm³/mol. The summed E-state index contributed by atoms with van der Waals surface area (Å²) in [4.78, 5) is 0.307. The zero-order valence-electron chi connectivity index (χ0n) is 12.9. The Balaban J connectivity index is 2.24. The highest BCUT2D eigenvalue weighted by atomic mass is 32.2. The molecule has 0 amide bonds. The third kappa shape index (κ3) is 3.14. The summed E-state index contributed by atoms with van der Waals surface area (Å²) in [5.74, 6) is 0. The molecule has 0 aliphatic carbocycles. The average Bonchev–Trinajstić information content (AvgIpc) is 3.04. The van der Waals surface area contributed by atoms with E-state index in [1.807, 2.05) is 18.7 Å². The molecule has 7 nitrogen and oxygen atoms in total. The van der Waals surface area contributed by atoms with Crippen LogP contribution in [0.5, 0.6) is 0 Å². The molecule has 0 radical (unpaired) electrons. The molecule has 2 unspecified atom stereocenters. The van der Waals surface area contributed by atoms with Gasteiger partial charge in [-0.2, -0.15) is 4.31 Å². The van der Waals surface area contributed by atoms with E-state index in [0.29, 0.717) is 24.5 Å². The van der Waals surface area contributed by atoms with E-state index in [1.54, 1.807) is 26.5 Å². The van der Waals surface area contributed by atoms with Crippen LogP contribution < -0.4 is 5.32 Å².